The Bertz CT molecular complexity index is 800. The summed E-state index contributed by atoms with van der Waals surface area (Å²) in [6, 6.07) is 8.58. The predicted molar refractivity (Wildman–Crippen MR) is 82.0 cm³/mol. The molecule has 1 aliphatic rings. The summed E-state index contributed by atoms with van der Waals surface area (Å²) >= 11 is 0. The van der Waals surface area contributed by atoms with Crippen molar-refractivity contribution in [1.29, 1.82) is 0 Å². The standard InChI is InChI=1S/C18H18N.Cu/c1-4-14-11-12(2)5-7-15-9-10-16-8-6-13(3)19-18(16)17(14)15;/h5-10H,1,4,11H2,2-3H3;/q-1;+1. The smallest absolute Gasteiger partial charge is 0.339 e. The fourth-order valence-electron chi connectivity index (χ4n) is 2.74. The number of benzene rings is 1. The Morgan fingerprint density at radius 1 is 1.10 bits per heavy atom. The molecule has 0 bridgehead atoms. The van der Waals surface area contributed by atoms with Crippen molar-refractivity contribution < 1.29 is 17.1 Å². The zero-order valence-corrected chi connectivity index (χ0v) is 12.8. The molecule has 0 atom stereocenters. The van der Waals surface area contributed by atoms with E-state index in [1.54, 1.807) is 0 Å². The number of pyridine rings is 1. The molecule has 106 valence electrons. The number of allylic oxidation sites excluding steroid dienone is 2. The second kappa shape index (κ2) is 5.95. The van der Waals surface area contributed by atoms with Crippen molar-refractivity contribution in [2.24, 2.45) is 0 Å². The molecule has 0 spiro atoms. The van der Waals surface area contributed by atoms with Crippen LogP contribution >= 0.6 is 0 Å². The van der Waals surface area contributed by atoms with Crippen LogP contribution in [0.15, 0.2) is 35.9 Å². The van der Waals surface area contributed by atoms with E-state index in [2.05, 4.69) is 50.3 Å². The van der Waals surface area contributed by atoms with Crippen LogP contribution in [0.1, 0.15) is 25.5 Å². The number of fused-ring (bicyclic) bond motifs is 3. The number of rotatable bonds is 1. The summed E-state index contributed by atoms with van der Waals surface area (Å²) in [6.45, 7) is 8.34. The Kier molecular flexibility index (Phi) is 4.47. The van der Waals surface area contributed by atoms with Crippen molar-refractivity contribution in [3.8, 4) is 0 Å². The second-order valence-electron chi connectivity index (χ2n) is 5.26. The van der Waals surface area contributed by atoms with E-state index >= 15 is 0 Å². The first kappa shape index (κ1) is 15.0. The van der Waals surface area contributed by atoms with E-state index in [4.69, 9.17) is 4.98 Å². The van der Waals surface area contributed by atoms with E-state index in [1.165, 1.54) is 27.0 Å². The average molecular weight is 312 g/mol. The normalized spacial score (nSPS) is 13.9. The molecule has 0 saturated carbocycles. The number of aryl methyl sites for hydroxylation is 1. The van der Waals surface area contributed by atoms with Gasteiger partial charge in [0.2, 0.25) is 0 Å². The molecule has 1 nitrogen and oxygen atoms in total. The molecule has 0 aliphatic heterocycles. The minimum atomic E-state index is 0. The fourth-order valence-corrected chi connectivity index (χ4v) is 2.74. The Morgan fingerprint density at radius 3 is 2.60 bits per heavy atom. The van der Waals surface area contributed by atoms with E-state index in [0.717, 1.165) is 24.1 Å². The number of nitrogens with zero attached hydrogens (tertiary/aromatic N) is 1. The summed E-state index contributed by atoms with van der Waals surface area (Å²) in [7, 11) is 0. The molecule has 20 heavy (non-hydrogen) atoms. The largest absolute Gasteiger partial charge is 1.00 e. The van der Waals surface area contributed by atoms with E-state index in [9.17, 15) is 0 Å². The van der Waals surface area contributed by atoms with Gasteiger partial charge in [0.05, 0.1) is 5.52 Å². The third kappa shape index (κ3) is 2.59. The van der Waals surface area contributed by atoms with Gasteiger partial charge in [-0.1, -0.05) is 41.5 Å². The van der Waals surface area contributed by atoms with Crippen molar-refractivity contribution in [2.45, 2.75) is 26.7 Å². The molecule has 0 N–H and O–H groups in total. The van der Waals surface area contributed by atoms with E-state index in [0.29, 0.717) is 0 Å². The van der Waals surface area contributed by atoms with Crippen molar-refractivity contribution in [2.75, 3.05) is 0 Å². The van der Waals surface area contributed by atoms with Crippen LogP contribution in [-0.4, -0.2) is 4.98 Å². The molecule has 0 unspecified atom stereocenters. The zero-order valence-electron chi connectivity index (χ0n) is 11.8. The molecule has 2 heteroatoms. The molecule has 3 rings (SSSR count). The molecule has 0 radical (unpaired) electrons. The van der Waals surface area contributed by atoms with Gasteiger partial charge in [-0.25, -0.2) is 0 Å². The van der Waals surface area contributed by atoms with Gasteiger partial charge in [-0.3, -0.25) is 4.98 Å². The summed E-state index contributed by atoms with van der Waals surface area (Å²) in [4.78, 5) is 4.76. The van der Waals surface area contributed by atoms with Crippen LogP contribution in [0.5, 0.6) is 0 Å². The maximum atomic E-state index is 4.76. The molecule has 1 heterocycles. The third-order valence-electron chi connectivity index (χ3n) is 3.73. The second-order valence-corrected chi connectivity index (χ2v) is 5.26. The topological polar surface area (TPSA) is 12.9 Å². The van der Waals surface area contributed by atoms with Crippen LogP contribution in [0.4, 0.5) is 0 Å². The van der Waals surface area contributed by atoms with Crippen LogP contribution in [0.25, 0.3) is 22.6 Å². The minimum Gasteiger partial charge on any atom is -0.339 e. The van der Waals surface area contributed by atoms with Crippen LogP contribution in [0, 0.1) is 13.8 Å². The number of hydrogen-bond acceptors (Lipinski definition) is 1. The van der Waals surface area contributed by atoms with Gasteiger partial charge >= 0.3 is 17.1 Å². The Labute approximate surface area is 130 Å². The molecule has 0 saturated heterocycles. The van der Waals surface area contributed by atoms with Crippen LogP contribution in [0.3, 0.4) is 0 Å². The van der Waals surface area contributed by atoms with Crippen molar-refractivity contribution in [3.63, 3.8) is 0 Å². The van der Waals surface area contributed by atoms with Crippen molar-refractivity contribution in [3.05, 3.63) is 59.0 Å². The molecular weight excluding hydrogens is 294 g/mol. The maximum Gasteiger partial charge on any atom is 1.00 e. The van der Waals surface area contributed by atoms with Crippen LogP contribution in [0.2, 0.25) is 0 Å². The van der Waals surface area contributed by atoms with E-state index in [-0.39, 0.29) is 17.1 Å². The van der Waals surface area contributed by atoms with Gasteiger partial charge in [-0.15, -0.1) is 0 Å². The number of aromatic nitrogens is 1. The Hall–Kier alpha value is -1.37. The van der Waals surface area contributed by atoms with Gasteiger partial charge in [0.25, 0.3) is 0 Å². The first-order chi connectivity index (χ1) is 9.19. The SMILES string of the molecule is [CH2-]CC1=c2c(ccc3ccc(C)nc23)=CC=C(C)C1.[Cu+]. The van der Waals surface area contributed by atoms with Crippen LogP contribution < -0.4 is 10.4 Å². The monoisotopic (exact) mass is 311 g/mol. The van der Waals surface area contributed by atoms with Crippen molar-refractivity contribution in [1.82, 2.24) is 4.98 Å². The summed E-state index contributed by atoms with van der Waals surface area (Å²) in [5, 5.41) is 3.77. The summed E-state index contributed by atoms with van der Waals surface area (Å²) in [5.74, 6) is 0. The van der Waals surface area contributed by atoms with Gasteiger partial charge < -0.3 is 6.92 Å². The summed E-state index contributed by atoms with van der Waals surface area (Å²) in [6.07, 6.45) is 6.25. The molecule has 0 amide bonds. The van der Waals surface area contributed by atoms with Crippen molar-refractivity contribution >= 4 is 22.6 Å². The van der Waals surface area contributed by atoms with E-state index < -0.39 is 0 Å². The molecule has 1 aliphatic carbocycles. The third-order valence-corrected chi connectivity index (χ3v) is 3.73. The maximum absolute atomic E-state index is 4.76. The summed E-state index contributed by atoms with van der Waals surface area (Å²) < 4.78 is 0. The van der Waals surface area contributed by atoms with Crippen LogP contribution in [-0.2, 0) is 17.1 Å². The Morgan fingerprint density at radius 2 is 1.85 bits per heavy atom. The number of hydrogen-bond donors (Lipinski definition) is 0. The average Bonchev–Trinajstić information content (AvgIpc) is 2.58. The molecule has 1 aromatic carbocycles. The minimum absolute atomic E-state index is 0. The quantitative estimate of drug-likeness (QED) is 0.583. The molecule has 2 aromatic rings. The first-order valence-corrected chi connectivity index (χ1v) is 6.74. The van der Waals surface area contributed by atoms with Gasteiger partial charge in [-0.2, -0.15) is 6.42 Å². The predicted octanol–water partition coefficient (Wildman–Crippen LogP) is 3.05. The first-order valence-electron chi connectivity index (χ1n) is 6.74. The van der Waals surface area contributed by atoms with E-state index in [1.807, 2.05) is 6.92 Å². The fraction of sp³-hybridized carbons (Fsp3) is 0.222. The van der Waals surface area contributed by atoms with Gasteiger partial charge in [0.15, 0.2) is 0 Å². The molecule has 1 aromatic heterocycles. The molecule has 0 fully saturated rings. The Balaban J connectivity index is 0.00000147. The zero-order chi connectivity index (χ0) is 13.4. The van der Waals surface area contributed by atoms with Gasteiger partial charge in [0.1, 0.15) is 0 Å². The van der Waals surface area contributed by atoms with Gasteiger partial charge in [0, 0.05) is 16.3 Å². The molecular formula is C18H18CuN. The van der Waals surface area contributed by atoms with Gasteiger partial charge in [-0.05, 0) is 31.6 Å². The summed E-state index contributed by atoms with van der Waals surface area (Å²) in [5.41, 5.74) is 4.96.